The average Bonchev–Trinajstić information content (AvgIpc) is 2.93. The lowest BCUT2D eigenvalue weighted by Crippen LogP contribution is -2.22. The van der Waals surface area contributed by atoms with Gasteiger partial charge in [0.25, 0.3) is 0 Å². The number of rotatable bonds is 5. The largest absolute Gasteiger partial charge is 0.371 e. The molecule has 2 aromatic rings. The van der Waals surface area contributed by atoms with E-state index in [2.05, 4.69) is 27.3 Å². The van der Waals surface area contributed by atoms with Gasteiger partial charge in [0.05, 0.1) is 0 Å². The first-order chi connectivity index (χ1) is 11.1. The fraction of sp³-hybridized carbons (Fsp3) is 0.588. The van der Waals surface area contributed by atoms with Crippen molar-refractivity contribution in [2.75, 3.05) is 18.0 Å². The third-order valence-electron chi connectivity index (χ3n) is 5.20. The molecule has 2 heterocycles. The van der Waals surface area contributed by atoms with Crippen LogP contribution in [0.2, 0.25) is 0 Å². The second kappa shape index (κ2) is 5.58. The molecule has 1 aliphatic heterocycles. The van der Waals surface area contributed by atoms with Gasteiger partial charge in [-0.15, -0.1) is 5.10 Å². The monoisotopic (exact) mass is 315 g/mol. The topological polar surface area (TPSA) is 46.8 Å². The lowest BCUT2D eigenvalue weighted by Gasteiger charge is -2.19. The fourth-order valence-electron chi connectivity index (χ4n) is 3.38. The smallest absolute Gasteiger partial charge is 0.151 e. The average molecular weight is 315 g/mol. The number of anilines is 1. The van der Waals surface area contributed by atoms with Gasteiger partial charge in [-0.1, -0.05) is 6.92 Å². The van der Waals surface area contributed by atoms with Crippen molar-refractivity contribution in [2.24, 2.45) is 11.3 Å². The van der Waals surface area contributed by atoms with E-state index in [0.29, 0.717) is 11.3 Å². The Morgan fingerprint density at radius 2 is 2.04 bits per heavy atom. The minimum absolute atomic E-state index is 0.184. The summed E-state index contributed by atoms with van der Waals surface area (Å²) in [6, 6.07) is 6.76. The first-order valence-corrected chi connectivity index (χ1v) is 8.37. The van der Waals surface area contributed by atoms with Gasteiger partial charge in [-0.3, -0.25) is 0 Å². The molecule has 122 valence electrons. The van der Waals surface area contributed by atoms with Crippen LogP contribution in [0.15, 0.2) is 24.3 Å². The zero-order valence-electron chi connectivity index (χ0n) is 13.5. The molecule has 0 N–H and O–H groups in total. The third-order valence-corrected chi connectivity index (χ3v) is 5.20. The molecule has 5 nitrogen and oxygen atoms in total. The Bertz CT molecular complexity index is 677. The molecule has 0 radical (unpaired) electrons. The van der Waals surface area contributed by atoms with Crippen LogP contribution in [0.3, 0.4) is 0 Å². The van der Waals surface area contributed by atoms with E-state index in [1.165, 1.54) is 25.0 Å². The van der Waals surface area contributed by atoms with Crippen LogP contribution in [0, 0.1) is 17.2 Å². The molecule has 0 amide bonds. The van der Waals surface area contributed by atoms with Crippen molar-refractivity contribution < 1.29 is 4.39 Å². The minimum atomic E-state index is -0.184. The SMILES string of the molecule is CC1(Cc2nnnn2CC2CCN(c3ccc(F)cc3)C2)CC1. The van der Waals surface area contributed by atoms with Gasteiger partial charge < -0.3 is 4.90 Å². The summed E-state index contributed by atoms with van der Waals surface area (Å²) in [6.45, 7) is 5.15. The fourth-order valence-corrected chi connectivity index (χ4v) is 3.38. The van der Waals surface area contributed by atoms with Gasteiger partial charge in [-0.2, -0.15) is 0 Å². The van der Waals surface area contributed by atoms with Crippen LogP contribution in [0.5, 0.6) is 0 Å². The molecule has 23 heavy (non-hydrogen) atoms. The van der Waals surface area contributed by atoms with Crippen LogP contribution in [0.25, 0.3) is 0 Å². The Morgan fingerprint density at radius 3 is 2.78 bits per heavy atom. The molecule has 6 heteroatoms. The van der Waals surface area contributed by atoms with Crippen molar-refractivity contribution in [2.45, 2.75) is 39.2 Å². The molecule has 4 rings (SSSR count). The molecule has 2 aliphatic rings. The van der Waals surface area contributed by atoms with Gasteiger partial charge in [-0.25, -0.2) is 9.07 Å². The van der Waals surface area contributed by atoms with Crippen molar-refractivity contribution in [3.63, 3.8) is 0 Å². The predicted octanol–water partition coefficient (Wildman–Crippen LogP) is 2.68. The summed E-state index contributed by atoms with van der Waals surface area (Å²) in [4.78, 5) is 2.32. The molecule has 1 atom stereocenters. The quantitative estimate of drug-likeness (QED) is 0.851. The van der Waals surface area contributed by atoms with Crippen LogP contribution in [-0.2, 0) is 13.0 Å². The Morgan fingerprint density at radius 1 is 1.26 bits per heavy atom. The second-order valence-electron chi connectivity index (χ2n) is 7.34. The van der Waals surface area contributed by atoms with Crippen LogP contribution in [0.4, 0.5) is 10.1 Å². The predicted molar refractivity (Wildman–Crippen MR) is 85.6 cm³/mol. The Hall–Kier alpha value is -1.98. The van der Waals surface area contributed by atoms with Gasteiger partial charge in [0.2, 0.25) is 0 Å². The van der Waals surface area contributed by atoms with E-state index in [0.717, 1.165) is 44.0 Å². The van der Waals surface area contributed by atoms with Gasteiger partial charge >= 0.3 is 0 Å². The van der Waals surface area contributed by atoms with Crippen molar-refractivity contribution >= 4 is 5.69 Å². The van der Waals surface area contributed by atoms with Gasteiger partial charge in [0, 0.05) is 31.7 Å². The summed E-state index contributed by atoms with van der Waals surface area (Å²) in [7, 11) is 0. The van der Waals surface area contributed by atoms with Crippen LogP contribution in [0.1, 0.15) is 32.0 Å². The molecule has 1 saturated carbocycles. The van der Waals surface area contributed by atoms with Gasteiger partial charge in [0.15, 0.2) is 5.82 Å². The number of tetrazole rings is 1. The summed E-state index contributed by atoms with van der Waals surface area (Å²) in [5, 5.41) is 12.3. The Labute approximate surface area is 135 Å². The number of benzene rings is 1. The molecule has 1 saturated heterocycles. The van der Waals surface area contributed by atoms with Crippen molar-refractivity contribution in [1.82, 2.24) is 20.2 Å². The number of hydrogen-bond donors (Lipinski definition) is 0. The van der Waals surface area contributed by atoms with Crippen LogP contribution in [-0.4, -0.2) is 33.3 Å². The van der Waals surface area contributed by atoms with Crippen molar-refractivity contribution in [1.29, 1.82) is 0 Å². The zero-order chi connectivity index (χ0) is 15.9. The summed E-state index contributed by atoms with van der Waals surface area (Å²) in [5.41, 5.74) is 1.51. The first kappa shape index (κ1) is 14.6. The maximum atomic E-state index is 13.0. The van der Waals surface area contributed by atoms with E-state index in [-0.39, 0.29) is 5.82 Å². The highest BCUT2D eigenvalue weighted by atomic mass is 19.1. The molecule has 1 aromatic heterocycles. The lowest BCUT2D eigenvalue weighted by atomic mass is 10.1. The molecule has 0 bridgehead atoms. The summed E-state index contributed by atoms with van der Waals surface area (Å²) < 4.78 is 15.0. The standard InChI is InChI=1S/C17H22FN5/c1-17(7-8-17)10-16-19-20-21-23(16)12-13-6-9-22(11-13)15-4-2-14(18)3-5-15/h2-5,13H,6-12H2,1H3. The number of hydrogen-bond acceptors (Lipinski definition) is 4. The van der Waals surface area contributed by atoms with Gasteiger partial charge in [0.1, 0.15) is 5.82 Å². The summed E-state index contributed by atoms with van der Waals surface area (Å²) in [5.74, 6) is 1.37. The van der Waals surface area contributed by atoms with Crippen LogP contribution >= 0.6 is 0 Å². The van der Waals surface area contributed by atoms with Crippen LogP contribution < -0.4 is 4.90 Å². The molecule has 1 unspecified atom stereocenters. The van der Waals surface area contributed by atoms with Gasteiger partial charge in [-0.05, 0) is 65.3 Å². The normalized spacial score (nSPS) is 22.5. The number of halogens is 1. The Kier molecular flexibility index (Phi) is 3.54. The molecule has 1 aromatic carbocycles. The van der Waals surface area contributed by atoms with E-state index in [4.69, 9.17) is 0 Å². The third kappa shape index (κ3) is 3.21. The maximum absolute atomic E-state index is 13.0. The molecule has 0 spiro atoms. The van der Waals surface area contributed by atoms with Crippen molar-refractivity contribution in [3.05, 3.63) is 35.9 Å². The second-order valence-corrected chi connectivity index (χ2v) is 7.34. The Balaban J connectivity index is 1.39. The summed E-state index contributed by atoms with van der Waals surface area (Å²) in [6.07, 6.45) is 4.66. The molecule has 2 fully saturated rings. The summed E-state index contributed by atoms with van der Waals surface area (Å²) >= 11 is 0. The minimum Gasteiger partial charge on any atom is -0.371 e. The van der Waals surface area contributed by atoms with E-state index in [1.807, 2.05) is 16.8 Å². The lowest BCUT2D eigenvalue weighted by molar-refractivity contribution is 0.418. The molecule has 1 aliphatic carbocycles. The van der Waals surface area contributed by atoms with E-state index in [9.17, 15) is 4.39 Å². The highest BCUT2D eigenvalue weighted by Gasteiger charge is 2.39. The number of aromatic nitrogens is 4. The first-order valence-electron chi connectivity index (χ1n) is 8.37. The highest BCUT2D eigenvalue weighted by Crippen LogP contribution is 2.47. The van der Waals surface area contributed by atoms with E-state index >= 15 is 0 Å². The molecular weight excluding hydrogens is 293 g/mol. The van der Waals surface area contributed by atoms with E-state index < -0.39 is 0 Å². The molecular formula is C17H22FN5. The highest BCUT2D eigenvalue weighted by molar-refractivity contribution is 5.47. The zero-order valence-corrected chi connectivity index (χ0v) is 13.5. The maximum Gasteiger partial charge on any atom is 0.151 e. The van der Waals surface area contributed by atoms with E-state index in [1.54, 1.807) is 0 Å². The van der Waals surface area contributed by atoms with Crippen molar-refractivity contribution in [3.8, 4) is 0 Å². The number of nitrogens with zero attached hydrogens (tertiary/aromatic N) is 5.